The molecule has 0 saturated heterocycles. The minimum absolute atomic E-state index is 0.415. The van der Waals surface area contributed by atoms with Crippen LogP contribution >= 0.6 is 11.6 Å². The molecule has 0 atom stereocenters. The third-order valence-corrected chi connectivity index (χ3v) is 2.78. The summed E-state index contributed by atoms with van der Waals surface area (Å²) < 4.78 is 5.25. The molecule has 0 heterocycles. The number of carbonyl (C=O) groups is 1. The summed E-state index contributed by atoms with van der Waals surface area (Å²) in [7, 11) is 1.60. The maximum Gasteiger partial charge on any atom is 0.328 e. The van der Waals surface area contributed by atoms with Crippen molar-refractivity contribution in [2.24, 2.45) is 5.84 Å². The Kier molecular flexibility index (Phi) is 5.06. The number of halogens is 1. The Balaban J connectivity index is 2.69. The van der Waals surface area contributed by atoms with Gasteiger partial charge in [0.05, 0.1) is 7.11 Å². The fourth-order valence-electron chi connectivity index (χ4n) is 1.44. The van der Waals surface area contributed by atoms with Gasteiger partial charge in [-0.25, -0.2) is 10.6 Å². The summed E-state index contributed by atoms with van der Waals surface area (Å²) in [4.78, 5) is 10.9. The van der Waals surface area contributed by atoms with Gasteiger partial charge in [-0.15, -0.1) is 0 Å². The van der Waals surface area contributed by atoms with Gasteiger partial charge in [-0.2, -0.15) is 0 Å². The van der Waals surface area contributed by atoms with Gasteiger partial charge in [0.2, 0.25) is 0 Å². The fourth-order valence-corrected chi connectivity index (χ4v) is 1.63. The van der Waals surface area contributed by atoms with E-state index in [2.05, 4.69) is 5.32 Å². The molecule has 1 rings (SSSR count). The Bertz CT molecular complexity index is 410. The number of amides is 2. The molecule has 0 fully saturated rings. The van der Waals surface area contributed by atoms with Gasteiger partial charge < -0.3 is 10.1 Å². The minimum Gasteiger partial charge on any atom is -0.496 e. The van der Waals surface area contributed by atoms with E-state index >= 15 is 0 Å². The van der Waals surface area contributed by atoms with Gasteiger partial charge in [0.15, 0.2) is 0 Å². The summed E-state index contributed by atoms with van der Waals surface area (Å²) in [6.45, 7) is 2.37. The number of methoxy groups -OCH3 is 1. The number of hydrogen-bond acceptors (Lipinski definition) is 3. The first-order valence-corrected chi connectivity index (χ1v) is 5.53. The summed E-state index contributed by atoms with van der Waals surface area (Å²) in [5, 5.41) is 3.28. The van der Waals surface area contributed by atoms with Crippen molar-refractivity contribution < 1.29 is 9.53 Å². The van der Waals surface area contributed by atoms with Crippen LogP contribution in [0.25, 0.3) is 0 Å². The van der Waals surface area contributed by atoms with Crippen molar-refractivity contribution in [1.82, 2.24) is 10.7 Å². The number of nitrogens with two attached hydrogens (primary N) is 1. The van der Waals surface area contributed by atoms with E-state index in [4.69, 9.17) is 22.2 Å². The molecule has 0 bridgehead atoms. The first-order valence-electron chi connectivity index (χ1n) is 5.16. The van der Waals surface area contributed by atoms with Crippen molar-refractivity contribution >= 4 is 17.6 Å². The van der Waals surface area contributed by atoms with Crippen molar-refractivity contribution in [3.8, 4) is 5.75 Å². The zero-order chi connectivity index (χ0) is 12.8. The second-order valence-corrected chi connectivity index (χ2v) is 3.97. The first-order chi connectivity index (χ1) is 8.08. The molecule has 0 aromatic heterocycles. The molecule has 94 valence electrons. The lowest BCUT2D eigenvalue weighted by molar-refractivity contribution is 0.241. The van der Waals surface area contributed by atoms with Crippen LogP contribution < -0.4 is 21.3 Å². The SMILES string of the molecule is COc1cc(C)c(Cl)cc1CCNC(=O)NN. The Morgan fingerprint density at radius 2 is 2.24 bits per heavy atom. The third-order valence-electron chi connectivity index (χ3n) is 2.37. The van der Waals surface area contributed by atoms with Crippen LogP contribution in [0.3, 0.4) is 0 Å². The fraction of sp³-hybridized carbons (Fsp3) is 0.364. The third kappa shape index (κ3) is 3.80. The highest BCUT2D eigenvalue weighted by atomic mass is 35.5. The molecule has 4 N–H and O–H groups in total. The van der Waals surface area contributed by atoms with Crippen LogP contribution in [0.15, 0.2) is 12.1 Å². The Morgan fingerprint density at radius 1 is 1.53 bits per heavy atom. The van der Waals surface area contributed by atoms with E-state index in [1.807, 2.05) is 24.5 Å². The smallest absolute Gasteiger partial charge is 0.328 e. The number of benzene rings is 1. The van der Waals surface area contributed by atoms with Crippen LogP contribution in [0, 0.1) is 6.92 Å². The van der Waals surface area contributed by atoms with Gasteiger partial charge in [0.1, 0.15) is 5.75 Å². The summed E-state index contributed by atoms with van der Waals surface area (Å²) in [6, 6.07) is 3.31. The van der Waals surface area contributed by atoms with Crippen molar-refractivity contribution in [3.63, 3.8) is 0 Å². The first kappa shape index (κ1) is 13.6. The number of aryl methyl sites for hydroxylation is 1. The summed E-state index contributed by atoms with van der Waals surface area (Å²) >= 11 is 6.04. The largest absolute Gasteiger partial charge is 0.496 e. The molecule has 5 nitrogen and oxygen atoms in total. The highest BCUT2D eigenvalue weighted by molar-refractivity contribution is 6.31. The quantitative estimate of drug-likeness (QED) is 0.433. The Labute approximate surface area is 105 Å². The van der Waals surface area contributed by atoms with Crippen LogP contribution in [0.5, 0.6) is 5.75 Å². The van der Waals surface area contributed by atoms with Crippen LogP contribution in [0.1, 0.15) is 11.1 Å². The van der Waals surface area contributed by atoms with Gasteiger partial charge in [-0.05, 0) is 36.6 Å². The van der Waals surface area contributed by atoms with Crippen LogP contribution in [-0.2, 0) is 6.42 Å². The lowest BCUT2D eigenvalue weighted by Crippen LogP contribution is -2.40. The van der Waals surface area contributed by atoms with Crippen molar-refractivity contribution in [1.29, 1.82) is 0 Å². The topological polar surface area (TPSA) is 76.4 Å². The van der Waals surface area contributed by atoms with E-state index < -0.39 is 6.03 Å². The van der Waals surface area contributed by atoms with E-state index in [1.54, 1.807) is 7.11 Å². The molecule has 6 heteroatoms. The zero-order valence-corrected chi connectivity index (χ0v) is 10.6. The number of carbonyl (C=O) groups excluding carboxylic acids is 1. The molecule has 1 aromatic rings. The maximum absolute atomic E-state index is 10.9. The number of urea groups is 1. The van der Waals surface area contributed by atoms with Crippen LogP contribution in [0.2, 0.25) is 5.02 Å². The van der Waals surface area contributed by atoms with Gasteiger partial charge in [0, 0.05) is 11.6 Å². The summed E-state index contributed by atoms with van der Waals surface area (Å²) in [6.07, 6.45) is 0.622. The zero-order valence-electron chi connectivity index (χ0n) is 9.84. The lowest BCUT2D eigenvalue weighted by atomic mass is 10.1. The van der Waals surface area contributed by atoms with Crippen LogP contribution in [0.4, 0.5) is 4.79 Å². The summed E-state index contributed by atoms with van der Waals surface area (Å²) in [5.41, 5.74) is 3.90. The monoisotopic (exact) mass is 257 g/mol. The van der Waals surface area contributed by atoms with E-state index in [0.717, 1.165) is 16.9 Å². The number of nitrogens with one attached hydrogen (secondary N) is 2. The van der Waals surface area contributed by atoms with E-state index in [1.165, 1.54) is 0 Å². The maximum atomic E-state index is 10.9. The molecule has 0 aliphatic heterocycles. The van der Waals surface area contributed by atoms with Gasteiger partial charge in [-0.1, -0.05) is 11.6 Å². The van der Waals surface area contributed by atoms with Crippen molar-refractivity contribution in [2.75, 3.05) is 13.7 Å². The molecule has 0 unspecified atom stereocenters. The Morgan fingerprint density at radius 3 is 2.82 bits per heavy atom. The molecule has 17 heavy (non-hydrogen) atoms. The average molecular weight is 258 g/mol. The van der Waals surface area contributed by atoms with Gasteiger partial charge in [-0.3, -0.25) is 5.43 Å². The van der Waals surface area contributed by atoms with Gasteiger partial charge >= 0.3 is 6.03 Å². The molecule has 0 spiro atoms. The lowest BCUT2D eigenvalue weighted by Gasteiger charge is -2.11. The normalized spacial score (nSPS) is 9.88. The highest BCUT2D eigenvalue weighted by Crippen LogP contribution is 2.26. The second-order valence-electron chi connectivity index (χ2n) is 3.56. The number of ether oxygens (including phenoxy) is 1. The highest BCUT2D eigenvalue weighted by Gasteiger charge is 2.07. The summed E-state index contributed by atoms with van der Waals surface area (Å²) in [5.74, 6) is 5.71. The van der Waals surface area contributed by atoms with Crippen molar-refractivity contribution in [2.45, 2.75) is 13.3 Å². The molecular formula is C11H16ClN3O2. The minimum atomic E-state index is -0.415. The molecule has 0 saturated carbocycles. The Hall–Kier alpha value is -1.46. The van der Waals surface area contributed by atoms with E-state index in [9.17, 15) is 4.79 Å². The second kappa shape index (κ2) is 6.32. The standard InChI is InChI=1S/C11H16ClN3O2/c1-7-5-10(17-2)8(6-9(7)12)3-4-14-11(16)15-13/h5-6H,3-4,13H2,1-2H3,(H2,14,15,16). The number of hydrazine groups is 1. The molecule has 0 aliphatic carbocycles. The molecule has 0 aliphatic rings. The number of hydrogen-bond donors (Lipinski definition) is 3. The number of rotatable bonds is 4. The average Bonchev–Trinajstić information content (AvgIpc) is 2.32. The van der Waals surface area contributed by atoms with Crippen LogP contribution in [-0.4, -0.2) is 19.7 Å². The van der Waals surface area contributed by atoms with E-state index in [0.29, 0.717) is 18.0 Å². The molecule has 0 radical (unpaired) electrons. The predicted molar refractivity (Wildman–Crippen MR) is 67.2 cm³/mol. The predicted octanol–water partition coefficient (Wildman–Crippen LogP) is 1.37. The molecule has 1 aromatic carbocycles. The van der Waals surface area contributed by atoms with Gasteiger partial charge in [0.25, 0.3) is 0 Å². The van der Waals surface area contributed by atoms with Crippen molar-refractivity contribution in [3.05, 3.63) is 28.3 Å². The molecule has 2 amide bonds. The molecular weight excluding hydrogens is 242 g/mol. The van der Waals surface area contributed by atoms with E-state index in [-0.39, 0.29) is 0 Å².